The zero-order chi connectivity index (χ0) is 26.1. The molecule has 5 rings (SSSR count). The van der Waals surface area contributed by atoms with Crippen molar-refractivity contribution in [3.63, 3.8) is 0 Å². The van der Waals surface area contributed by atoms with Crippen LogP contribution in [0.15, 0.2) is 26.3 Å². The number of carbonyl (C=O) groups is 4. The molecule has 194 valence electrons. The number of nitrogen functional groups attached to an aromatic ring is 1. The second kappa shape index (κ2) is 10.6. The minimum atomic E-state index is -1.24. The van der Waals surface area contributed by atoms with Gasteiger partial charge in [0.25, 0.3) is 11.8 Å². The molecule has 19 heteroatoms. The van der Waals surface area contributed by atoms with E-state index in [2.05, 4.69) is 30.0 Å². The number of aromatic nitrogens is 4. The number of amides is 2. The predicted octanol–water partition coefficient (Wildman–Crippen LogP) is -0.461. The Balaban J connectivity index is 1.31. The van der Waals surface area contributed by atoms with Crippen LogP contribution in [0.5, 0.6) is 0 Å². The van der Waals surface area contributed by atoms with Crippen molar-refractivity contribution in [3.8, 4) is 0 Å². The highest BCUT2D eigenvalue weighted by Gasteiger charge is 2.54. The van der Waals surface area contributed by atoms with Crippen LogP contribution >= 0.6 is 46.4 Å². The Labute approximate surface area is 224 Å². The van der Waals surface area contributed by atoms with Gasteiger partial charge in [-0.1, -0.05) is 28.3 Å². The minimum absolute atomic E-state index is 0.0691. The molecule has 2 aromatic rings. The molecular formula is C18H16N8O7S4. The van der Waals surface area contributed by atoms with E-state index in [-0.39, 0.29) is 35.4 Å². The van der Waals surface area contributed by atoms with E-state index < -0.39 is 41.3 Å². The monoisotopic (exact) mass is 584 g/mol. The van der Waals surface area contributed by atoms with Crippen molar-refractivity contribution in [3.05, 3.63) is 22.6 Å². The summed E-state index contributed by atoms with van der Waals surface area (Å²) in [5, 5.41) is 23.3. The van der Waals surface area contributed by atoms with Gasteiger partial charge in [-0.05, 0) is 5.57 Å². The number of hydrogen-bond donors (Lipinski definition) is 3. The molecule has 2 fully saturated rings. The van der Waals surface area contributed by atoms with Crippen molar-refractivity contribution in [2.75, 3.05) is 23.8 Å². The lowest BCUT2D eigenvalue weighted by molar-refractivity contribution is -0.150. The molecule has 0 bridgehead atoms. The van der Waals surface area contributed by atoms with Crippen LogP contribution < -0.4 is 11.1 Å². The van der Waals surface area contributed by atoms with Gasteiger partial charge >= 0.3 is 11.9 Å². The lowest BCUT2D eigenvalue weighted by Crippen LogP contribution is -2.71. The first-order chi connectivity index (χ1) is 17.8. The number of nitrogens with one attached hydrogen (secondary N) is 1. The summed E-state index contributed by atoms with van der Waals surface area (Å²) in [5.74, 6) is -2.78. The summed E-state index contributed by atoms with van der Waals surface area (Å²) >= 11 is 4.80. The highest BCUT2D eigenvalue weighted by molar-refractivity contribution is 8.01. The fourth-order valence-electron chi connectivity index (χ4n) is 3.58. The number of aliphatic carboxylic acids is 1. The molecule has 3 aliphatic heterocycles. The van der Waals surface area contributed by atoms with Crippen molar-refractivity contribution in [1.82, 2.24) is 29.8 Å². The lowest BCUT2D eigenvalue weighted by Gasteiger charge is -2.49. The Hall–Kier alpha value is -3.29. The maximum absolute atomic E-state index is 13.1. The first-order valence-electron chi connectivity index (χ1n) is 10.4. The van der Waals surface area contributed by atoms with Crippen molar-refractivity contribution in [1.29, 1.82) is 0 Å². The van der Waals surface area contributed by atoms with Crippen LogP contribution in [-0.2, 0) is 28.8 Å². The second-order valence-electron chi connectivity index (χ2n) is 7.56. The van der Waals surface area contributed by atoms with Gasteiger partial charge in [0.15, 0.2) is 9.47 Å². The van der Waals surface area contributed by atoms with Crippen molar-refractivity contribution < 1.29 is 33.9 Å². The van der Waals surface area contributed by atoms with E-state index in [9.17, 15) is 24.3 Å². The number of esters is 1. The summed E-state index contributed by atoms with van der Waals surface area (Å²) in [4.78, 5) is 60.1. The summed E-state index contributed by atoms with van der Waals surface area (Å²) in [6.07, 6.45) is -0.740. The third-order valence-electron chi connectivity index (χ3n) is 5.27. The van der Waals surface area contributed by atoms with Crippen LogP contribution in [0.1, 0.15) is 12.2 Å². The van der Waals surface area contributed by atoms with E-state index in [1.165, 1.54) is 39.8 Å². The molecule has 2 amide bonds. The zero-order valence-electron chi connectivity index (χ0n) is 18.4. The van der Waals surface area contributed by atoms with Crippen LogP contribution in [0.25, 0.3) is 0 Å². The molecule has 3 atom stereocenters. The molecule has 0 radical (unpaired) electrons. The largest absolute Gasteiger partial charge is 0.477 e. The van der Waals surface area contributed by atoms with Gasteiger partial charge in [-0.2, -0.15) is 9.36 Å². The topological polar surface area (TPSA) is 212 Å². The molecule has 2 unspecified atom stereocenters. The number of ether oxygens (including phenoxy) is 1. The number of carbonyl (C=O) groups excluding carboxylic acids is 3. The average molecular weight is 585 g/mol. The Kier molecular flexibility index (Phi) is 7.26. The number of thioether (sulfide) groups is 2. The molecule has 2 saturated heterocycles. The first kappa shape index (κ1) is 25.4. The summed E-state index contributed by atoms with van der Waals surface area (Å²) in [6, 6.07) is -1.03. The number of carboxylic acids is 1. The molecule has 15 nitrogen and oxygen atoms in total. The molecule has 0 saturated carbocycles. The number of nitrogens with zero attached hydrogens (tertiary/aromatic N) is 6. The Morgan fingerprint density at radius 1 is 1.41 bits per heavy atom. The third kappa shape index (κ3) is 5.11. The Morgan fingerprint density at radius 3 is 2.89 bits per heavy atom. The van der Waals surface area contributed by atoms with Crippen LogP contribution in [-0.4, -0.2) is 94.7 Å². The molecular weight excluding hydrogens is 569 g/mol. The predicted molar refractivity (Wildman–Crippen MR) is 132 cm³/mol. The van der Waals surface area contributed by atoms with Gasteiger partial charge in [-0.15, -0.1) is 22.0 Å². The number of nitrogens with two attached hydrogens (primary N) is 1. The number of cyclic esters (lactones) is 1. The summed E-state index contributed by atoms with van der Waals surface area (Å²) in [6.45, 7) is 0.161. The van der Waals surface area contributed by atoms with Gasteiger partial charge in [0.05, 0.1) is 6.61 Å². The first-order valence-corrected chi connectivity index (χ1v) is 14.1. The van der Waals surface area contributed by atoms with Crippen LogP contribution in [0.3, 0.4) is 0 Å². The number of carboxylic acid groups (broad SMARTS) is 1. The number of β-lactam (4-membered cyclic amide) rings is 1. The number of anilines is 1. The second-order valence-corrected chi connectivity index (χ2v) is 11.5. The Bertz CT molecular complexity index is 1310. The highest BCUT2D eigenvalue weighted by atomic mass is 32.2. The number of oxime groups is 1. The van der Waals surface area contributed by atoms with Crippen molar-refractivity contribution >= 4 is 81.0 Å². The van der Waals surface area contributed by atoms with Gasteiger partial charge in [0.2, 0.25) is 17.6 Å². The quantitative estimate of drug-likeness (QED) is 0.112. The zero-order valence-corrected chi connectivity index (χ0v) is 21.7. The maximum Gasteiger partial charge on any atom is 0.352 e. The van der Waals surface area contributed by atoms with E-state index in [4.69, 9.17) is 15.3 Å². The molecule has 2 aromatic heterocycles. The van der Waals surface area contributed by atoms with Crippen molar-refractivity contribution in [2.24, 2.45) is 5.16 Å². The smallest absolute Gasteiger partial charge is 0.352 e. The van der Waals surface area contributed by atoms with E-state index in [0.29, 0.717) is 21.4 Å². The fourth-order valence-corrected chi connectivity index (χ4v) is 6.99. The average Bonchev–Trinajstić information content (AvgIpc) is 3.64. The molecule has 37 heavy (non-hydrogen) atoms. The lowest BCUT2D eigenvalue weighted by atomic mass is 10.0. The minimum Gasteiger partial charge on any atom is -0.477 e. The molecule has 0 spiro atoms. The van der Waals surface area contributed by atoms with E-state index in [0.717, 1.165) is 11.5 Å². The van der Waals surface area contributed by atoms with Gasteiger partial charge in [-0.25, -0.2) is 9.59 Å². The van der Waals surface area contributed by atoms with E-state index in [1.54, 1.807) is 5.51 Å². The standard InChI is InChI=1S/C18H16N8O7S4/c19-17-22-11(25-37-17)8(24-33-7-1-2-32-16(7)31)12(27)21-9-13(28)26-10(15(29)30)6(3-34-14(9)26)4-35-18-23-20-5-36-18/h5,7,9,14H,1-4H2,(H,21,27)(H,29,30)(H2,19,22,25)/t7?,9?,14-/m1/s1. The maximum atomic E-state index is 13.1. The highest BCUT2D eigenvalue weighted by Crippen LogP contribution is 2.41. The summed E-state index contributed by atoms with van der Waals surface area (Å²) in [5.41, 5.74) is 7.27. The van der Waals surface area contributed by atoms with Crippen LogP contribution in [0.4, 0.5) is 5.13 Å². The van der Waals surface area contributed by atoms with Gasteiger partial charge in [0.1, 0.15) is 22.6 Å². The molecule has 0 aromatic carbocycles. The molecule has 5 heterocycles. The number of rotatable bonds is 9. The van der Waals surface area contributed by atoms with Crippen molar-refractivity contribution in [2.45, 2.75) is 28.3 Å². The normalized spacial score (nSPS) is 23.4. The van der Waals surface area contributed by atoms with E-state index in [1.807, 2.05) is 0 Å². The van der Waals surface area contributed by atoms with Gasteiger partial charge in [0, 0.05) is 29.5 Å². The van der Waals surface area contributed by atoms with Crippen LogP contribution in [0.2, 0.25) is 0 Å². The van der Waals surface area contributed by atoms with Gasteiger partial charge in [-0.3, -0.25) is 14.5 Å². The SMILES string of the molecule is Nc1nc(C(=NOC2CCOC2=O)C(=O)NC2C(=O)N3C(C(=O)O)=C(CSc4nncs4)CS[C@H]23)ns1. The third-order valence-corrected chi connectivity index (χ3v) is 9.10. The molecule has 3 aliphatic rings. The summed E-state index contributed by atoms with van der Waals surface area (Å²) in [7, 11) is 0. The Morgan fingerprint density at radius 2 is 2.24 bits per heavy atom. The van der Waals surface area contributed by atoms with E-state index >= 15 is 0 Å². The number of hydrogen-bond acceptors (Lipinski definition) is 16. The molecule has 0 aliphatic carbocycles. The van der Waals surface area contributed by atoms with Crippen LogP contribution in [0, 0.1) is 0 Å². The summed E-state index contributed by atoms with van der Waals surface area (Å²) < 4.78 is 9.46. The molecule has 4 N–H and O–H groups in total. The number of fused-ring (bicyclic) bond motifs is 1. The van der Waals surface area contributed by atoms with Gasteiger partial charge < -0.3 is 25.7 Å². The fraction of sp³-hybridized carbons (Fsp3) is 0.389.